The fourth-order valence-corrected chi connectivity index (χ4v) is 6.45. The number of aliphatic carboxylic acids is 1. The van der Waals surface area contributed by atoms with Crippen molar-refractivity contribution >= 4 is 11.7 Å². The van der Waals surface area contributed by atoms with Crippen molar-refractivity contribution in [1.29, 1.82) is 0 Å². The molecular weight excluding hydrogens is 288 g/mol. The van der Waals surface area contributed by atoms with Crippen molar-refractivity contribution in [2.45, 2.75) is 43.7 Å². The van der Waals surface area contributed by atoms with Gasteiger partial charge < -0.3 is 10.4 Å². The third kappa shape index (κ3) is 1.53. The van der Waals surface area contributed by atoms with E-state index in [-0.39, 0.29) is 17.4 Å². The zero-order valence-electron chi connectivity index (χ0n) is 13.5. The molecule has 1 aliphatic carbocycles. The van der Waals surface area contributed by atoms with Gasteiger partial charge in [-0.05, 0) is 42.9 Å². The van der Waals surface area contributed by atoms with E-state index >= 15 is 0 Å². The summed E-state index contributed by atoms with van der Waals surface area (Å²) in [5, 5.41) is 13.7. The molecule has 1 saturated carbocycles. The normalized spacial score (nSPS) is 43.6. The van der Waals surface area contributed by atoms with Gasteiger partial charge in [-0.2, -0.15) is 0 Å². The highest BCUT2D eigenvalue weighted by Crippen LogP contribution is 2.61. The minimum atomic E-state index is -0.600. The van der Waals surface area contributed by atoms with Gasteiger partial charge in [0.1, 0.15) is 0 Å². The number of nitrogens with one attached hydrogen (secondary N) is 1. The van der Waals surface area contributed by atoms with E-state index in [1.54, 1.807) is 0 Å². The van der Waals surface area contributed by atoms with Gasteiger partial charge >= 0.3 is 5.97 Å². The SMILES string of the molecule is CC[C@@H]1CN2CC[C@]34c5ccccc5N[C@H]3[C@H](C(=O)O)[C@H]1C[C@H]24. The second kappa shape index (κ2) is 4.50. The standard InChI is InChI=1S/C19H24N2O2/c1-2-11-10-21-8-7-19-13-5-3-4-6-14(13)20-17(19)16(18(22)23)12(11)9-15(19)21/h3-6,11-12,15-17,20H,2,7-10H2,1H3,(H,22,23)/t11-,12+,15+,16-,17+,19-/m1/s1. The maximum Gasteiger partial charge on any atom is 0.308 e. The first kappa shape index (κ1) is 13.8. The number of piperidine rings is 1. The van der Waals surface area contributed by atoms with Gasteiger partial charge in [-0.15, -0.1) is 0 Å². The Hall–Kier alpha value is -1.55. The largest absolute Gasteiger partial charge is 0.481 e. The maximum atomic E-state index is 12.2. The molecule has 0 amide bonds. The molecule has 3 fully saturated rings. The number of hydrogen-bond acceptors (Lipinski definition) is 3. The van der Waals surface area contributed by atoms with Crippen LogP contribution < -0.4 is 5.32 Å². The van der Waals surface area contributed by atoms with Gasteiger partial charge in [0.05, 0.1) is 12.0 Å². The van der Waals surface area contributed by atoms with Gasteiger partial charge in [-0.1, -0.05) is 31.5 Å². The zero-order chi connectivity index (χ0) is 15.8. The van der Waals surface area contributed by atoms with Crippen LogP contribution in [0.3, 0.4) is 0 Å². The lowest BCUT2D eigenvalue weighted by Gasteiger charge is -2.55. The van der Waals surface area contributed by atoms with Gasteiger partial charge in [0.15, 0.2) is 0 Å². The number of nitrogens with zero attached hydrogens (tertiary/aromatic N) is 1. The molecule has 3 aliphatic heterocycles. The van der Waals surface area contributed by atoms with Crippen LogP contribution in [0.1, 0.15) is 31.7 Å². The number of fused-ring (bicyclic) bond motifs is 2. The summed E-state index contributed by atoms with van der Waals surface area (Å²) in [6.45, 7) is 4.43. The summed E-state index contributed by atoms with van der Waals surface area (Å²) in [7, 11) is 0. The number of anilines is 1. The van der Waals surface area contributed by atoms with Crippen molar-refractivity contribution in [2.75, 3.05) is 18.4 Å². The molecule has 2 saturated heterocycles. The van der Waals surface area contributed by atoms with E-state index in [0.29, 0.717) is 17.9 Å². The number of carboxylic acids is 1. The highest BCUT2D eigenvalue weighted by atomic mass is 16.4. The summed E-state index contributed by atoms with van der Waals surface area (Å²) in [5.74, 6) is -0.0217. The second-order valence-corrected chi connectivity index (χ2v) is 7.90. The Morgan fingerprint density at radius 3 is 3.04 bits per heavy atom. The first-order valence-corrected chi connectivity index (χ1v) is 8.99. The van der Waals surface area contributed by atoms with E-state index in [1.807, 2.05) is 0 Å². The van der Waals surface area contributed by atoms with E-state index in [4.69, 9.17) is 0 Å². The average Bonchev–Trinajstić information content (AvgIpc) is 3.10. The summed E-state index contributed by atoms with van der Waals surface area (Å²) >= 11 is 0. The zero-order valence-corrected chi connectivity index (χ0v) is 13.5. The highest BCUT2D eigenvalue weighted by molar-refractivity contribution is 5.76. The molecule has 1 aromatic rings. The quantitative estimate of drug-likeness (QED) is 0.881. The molecule has 0 unspecified atom stereocenters. The molecule has 1 aromatic carbocycles. The monoisotopic (exact) mass is 312 g/mol. The van der Waals surface area contributed by atoms with E-state index in [0.717, 1.165) is 32.4 Å². The molecule has 23 heavy (non-hydrogen) atoms. The van der Waals surface area contributed by atoms with Crippen LogP contribution in [-0.2, 0) is 10.2 Å². The Balaban J connectivity index is 1.70. The van der Waals surface area contributed by atoms with Crippen LogP contribution in [0.5, 0.6) is 0 Å². The van der Waals surface area contributed by atoms with Crippen molar-refractivity contribution < 1.29 is 9.90 Å². The Morgan fingerprint density at radius 2 is 2.26 bits per heavy atom. The summed E-state index contributed by atoms with van der Waals surface area (Å²) in [4.78, 5) is 14.9. The minimum absolute atomic E-state index is 0.00879. The first-order chi connectivity index (χ1) is 11.2. The molecule has 1 spiro atoms. The third-order valence-corrected chi connectivity index (χ3v) is 7.34. The molecule has 5 rings (SSSR count). The first-order valence-electron chi connectivity index (χ1n) is 8.99. The van der Waals surface area contributed by atoms with Crippen LogP contribution in [0.25, 0.3) is 0 Å². The predicted molar refractivity (Wildman–Crippen MR) is 88.5 cm³/mol. The number of rotatable bonds is 2. The van der Waals surface area contributed by atoms with Crippen molar-refractivity contribution in [3.8, 4) is 0 Å². The van der Waals surface area contributed by atoms with Gasteiger partial charge in [-0.25, -0.2) is 0 Å². The second-order valence-electron chi connectivity index (χ2n) is 7.90. The molecule has 4 heteroatoms. The Bertz CT molecular complexity index is 675. The van der Waals surface area contributed by atoms with Crippen LogP contribution in [0.4, 0.5) is 5.69 Å². The van der Waals surface area contributed by atoms with E-state index < -0.39 is 5.97 Å². The molecule has 4 aliphatic rings. The lowest BCUT2D eigenvalue weighted by Crippen LogP contribution is -2.65. The molecule has 122 valence electrons. The molecule has 2 N–H and O–H groups in total. The third-order valence-electron chi connectivity index (χ3n) is 7.34. The van der Waals surface area contributed by atoms with Gasteiger partial charge in [0.2, 0.25) is 0 Å². The minimum Gasteiger partial charge on any atom is -0.481 e. The molecule has 4 nitrogen and oxygen atoms in total. The summed E-state index contributed by atoms with van der Waals surface area (Å²) in [6, 6.07) is 9.11. The van der Waals surface area contributed by atoms with Crippen LogP contribution in [-0.4, -0.2) is 41.1 Å². The number of carboxylic acid groups (broad SMARTS) is 1. The van der Waals surface area contributed by atoms with E-state index in [9.17, 15) is 9.90 Å². The molecule has 0 radical (unpaired) electrons. The molecule has 6 atom stereocenters. The average molecular weight is 312 g/mol. The lowest BCUT2D eigenvalue weighted by atomic mass is 9.54. The Kier molecular flexibility index (Phi) is 2.71. The van der Waals surface area contributed by atoms with Crippen molar-refractivity contribution in [3.63, 3.8) is 0 Å². The maximum absolute atomic E-state index is 12.2. The highest BCUT2D eigenvalue weighted by Gasteiger charge is 2.67. The molecule has 3 heterocycles. The van der Waals surface area contributed by atoms with Crippen LogP contribution in [0, 0.1) is 17.8 Å². The Labute approximate surface area is 136 Å². The summed E-state index contributed by atoms with van der Waals surface area (Å²) in [5.41, 5.74) is 2.55. The smallest absolute Gasteiger partial charge is 0.308 e. The van der Waals surface area contributed by atoms with Crippen molar-refractivity contribution in [1.82, 2.24) is 4.90 Å². The lowest BCUT2D eigenvalue weighted by molar-refractivity contribution is -0.151. The fraction of sp³-hybridized carbons (Fsp3) is 0.632. The summed E-state index contributed by atoms with van der Waals surface area (Å²) < 4.78 is 0. The predicted octanol–water partition coefficient (Wildman–Crippen LogP) is 2.55. The topological polar surface area (TPSA) is 52.6 Å². The number of carbonyl (C=O) groups is 1. The van der Waals surface area contributed by atoms with Gasteiger partial charge in [0.25, 0.3) is 0 Å². The fourth-order valence-electron chi connectivity index (χ4n) is 6.45. The van der Waals surface area contributed by atoms with Gasteiger partial charge in [0, 0.05) is 23.7 Å². The van der Waals surface area contributed by atoms with Crippen molar-refractivity contribution in [2.24, 2.45) is 17.8 Å². The number of benzene rings is 1. The Morgan fingerprint density at radius 1 is 1.43 bits per heavy atom. The number of para-hydroxylation sites is 1. The van der Waals surface area contributed by atoms with Crippen LogP contribution in [0.15, 0.2) is 24.3 Å². The van der Waals surface area contributed by atoms with E-state index in [2.05, 4.69) is 41.4 Å². The number of hydrogen-bond donors (Lipinski definition) is 2. The van der Waals surface area contributed by atoms with Crippen LogP contribution >= 0.6 is 0 Å². The van der Waals surface area contributed by atoms with Crippen molar-refractivity contribution in [3.05, 3.63) is 29.8 Å². The summed E-state index contributed by atoms with van der Waals surface area (Å²) in [6.07, 6.45) is 3.24. The molecular formula is C19H24N2O2. The molecule has 2 bridgehead atoms. The van der Waals surface area contributed by atoms with E-state index in [1.165, 1.54) is 11.3 Å². The van der Waals surface area contributed by atoms with Crippen LogP contribution in [0.2, 0.25) is 0 Å². The van der Waals surface area contributed by atoms with Gasteiger partial charge in [-0.3, -0.25) is 9.69 Å². The molecule has 0 aromatic heterocycles.